The molecule has 0 saturated carbocycles. The molecule has 1 N–H and O–H groups in total. The second-order valence-electron chi connectivity index (χ2n) is 5.40. The quantitative estimate of drug-likeness (QED) is 0.803. The molecule has 1 unspecified atom stereocenters. The van der Waals surface area contributed by atoms with Crippen molar-refractivity contribution in [2.75, 3.05) is 0 Å². The minimum Gasteiger partial charge on any atom is -0.304 e. The van der Waals surface area contributed by atoms with E-state index in [0.29, 0.717) is 11.1 Å². The van der Waals surface area contributed by atoms with Crippen molar-refractivity contribution < 1.29 is 8.78 Å². The summed E-state index contributed by atoms with van der Waals surface area (Å²) in [7, 11) is 0. The summed E-state index contributed by atoms with van der Waals surface area (Å²) in [5.74, 6) is -1.06. The van der Waals surface area contributed by atoms with Crippen molar-refractivity contribution in [3.8, 4) is 0 Å². The Balaban J connectivity index is 2.56. The molecule has 0 aromatic heterocycles. The molecule has 0 heterocycles. The van der Waals surface area contributed by atoms with Gasteiger partial charge in [0.05, 0.1) is 6.04 Å². The van der Waals surface area contributed by atoms with E-state index in [-0.39, 0.29) is 12.1 Å². The molecular weight excluding hydrogens is 336 g/mol. The minimum absolute atomic E-state index is 0.159. The molecule has 0 aliphatic heterocycles. The van der Waals surface area contributed by atoms with Crippen LogP contribution in [0.2, 0.25) is 0 Å². The summed E-state index contributed by atoms with van der Waals surface area (Å²) in [6.07, 6.45) is 0. The maximum absolute atomic E-state index is 14.3. The van der Waals surface area contributed by atoms with E-state index in [1.54, 1.807) is 13.0 Å². The van der Waals surface area contributed by atoms with Crippen molar-refractivity contribution >= 4 is 15.9 Å². The number of nitrogens with one attached hydrogen (secondary N) is 1. The zero-order chi connectivity index (χ0) is 15.6. The van der Waals surface area contributed by atoms with Gasteiger partial charge in [-0.1, -0.05) is 34.1 Å². The third-order valence-corrected chi connectivity index (χ3v) is 4.03. The van der Waals surface area contributed by atoms with Gasteiger partial charge >= 0.3 is 0 Å². The zero-order valence-electron chi connectivity index (χ0n) is 12.3. The third kappa shape index (κ3) is 3.69. The van der Waals surface area contributed by atoms with Crippen LogP contribution < -0.4 is 5.32 Å². The summed E-state index contributed by atoms with van der Waals surface area (Å²) in [4.78, 5) is 0. The molecule has 0 aliphatic rings. The van der Waals surface area contributed by atoms with Crippen molar-refractivity contribution in [3.05, 3.63) is 69.2 Å². The molecule has 21 heavy (non-hydrogen) atoms. The van der Waals surface area contributed by atoms with Crippen LogP contribution in [0.15, 0.2) is 40.9 Å². The second kappa shape index (κ2) is 6.67. The largest absolute Gasteiger partial charge is 0.304 e. The van der Waals surface area contributed by atoms with E-state index in [1.165, 1.54) is 0 Å². The first-order chi connectivity index (χ1) is 9.90. The van der Waals surface area contributed by atoms with E-state index in [4.69, 9.17) is 0 Å². The first-order valence-electron chi connectivity index (χ1n) is 6.86. The fourth-order valence-corrected chi connectivity index (χ4v) is 2.80. The Labute approximate surface area is 132 Å². The van der Waals surface area contributed by atoms with E-state index < -0.39 is 11.6 Å². The standard InChI is InChI=1S/C17H18BrF2N/c1-10(2)21-17(12-6-4-5-7-14(12)18)13-8-11(3)15(19)9-16(13)20/h4-10,17,21H,1-3H3. The van der Waals surface area contributed by atoms with E-state index >= 15 is 0 Å². The first-order valence-corrected chi connectivity index (χ1v) is 7.65. The van der Waals surface area contributed by atoms with Crippen molar-refractivity contribution in [2.45, 2.75) is 32.9 Å². The lowest BCUT2D eigenvalue weighted by Gasteiger charge is -2.24. The van der Waals surface area contributed by atoms with Crippen LogP contribution >= 0.6 is 15.9 Å². The molecule has 112 valence electrons. The number of rotatable bonds is 4. The number of benzene rings is 2. The average Bonchev–Trinajstić information content (AvgIpc) is 2.41. The van der Waals surface area contributed by atoms with E-state index in [1.807, 2.05) is 38.1 Å². The summed E-state index contributed by atoms with van der Waals surface area (Å²) in [5, 5.41) is 3.35. The molecule has 0 bridgehead atoms. The summed E-state index contributed by atoms with van der Waals surface area (Å²) < 4.78 is 28.6. The van der Waals surface area contributed by atoms with Gasteiger partial charge in [0.2, 0.25) is 0 Å². The van der Waals surface area contributed by atoms with Gasteiger partial charge in [-0.2, -0.15) is 0 Å². The first kappa shape index (κ1) is 16.1. The Morgan fingerprint density at radius 3 is 2.29 bits per heavy atom. The average molecular weight is 354 g/mol. The van der Waals surface area contributed by atoms with Crippen molar-refractivity contribution in [1.29, 1.82) is 0 Å². The summed E-state index contributed by atoms with van der Waals surface area (Å²) in [5.41, 5.74) is 1.82. The number of aryl methyl sites for hydroxylation is 1. The SMILES string of the molecule is Cc1cc(C(NC(C)C)c2ccccc2Br)c(F)cc1F. The molecule has 0 fully saturated rings. The van der Waals surface area contributed by atoms with E-state index in [0.717, 1.165) is 16.1 Å². The van der Waals surface area contributed by atoms with Crippen molar-refractivity contribution in [1.82, 2.24) is 5.32 Å². The molecule has 2 aromatic rings. The molecule has 0 aliphatic carbocycles. The Bertz CT molecular complexity index is 641. The van der Waals surface area contributed by atoms with Crippen molar-refractivity contribution in [2.24, 2.45) is 0 Å². The Kier molecular flexibility index (Phi) is 5.12. The highest BCUT2D eigenvalue weighted by Crippen LogP contribution is 2.31. The van der Waals surface area contributed by atoms with Crippen molar-refractivity contribution in [3.63, 3.8) is 0 Å². The predicted molar refractivity (Wildman–Crippen MR) is 85.4 cm³/mol. The molecule has 2 aromatic carbocycles. The lowest BCUT2D eigenvalue weighted by molar-refractivity contribution is 0.495. The second-order valence-corrected chi connectivity index (χ2v) is 6.25. The molecule has 0 radical (unpaired) electrons. The maximum Gasteiger partial charge on any atom is 0.131 e. The highest BCUT2D eigenvalue weighted by molar-refractivity contribution is 9.10. The van der Waals surface area contributed by atoms with Gasteiger partial charge < -0.3 is 5.32 Å². The van der Waals surface area contributed by atoms with Crippen LogP contribution in [-0.4, -0.2) is 6.04 Å². The monoisotopic (exact) mass is 353 g/mol. The highest BCUT2D eigenvalue weighted by atomic mass is 79.9. The molecule has 2 rings (SSSR count). The van der Waals surface area contributed by atoms with Gasteiger partial charge in [0.25, 0.3) is 0 Å². The minimum atomic E-state index is -0.535. The number of hydrogen-bond donors (Lipinski definition) is 1. The maximum atomic E-state index is 14.3. The summed E-state index contributed by atoms with van der Waals surface area (Å²) in [6, 6.07) is 10.0. The van der Waals surface area contributed by atoms with Crippen LogP contribution in [0, 0.1) is 18.6 Å². The highest BCUT2D eigenvalue weighted by Gasteiger charge is 2.22. The van der Waals surface area contributed by atoms with Gasteiger partial charge in [-0.15, -0.1) is 0 Å². The molecule has 4 heteroatoms. The van der Waals surface area contributed by atoms with Gasteiger partial charge in [0.15, 0.2) is 0 Å². The smallest absolute Gasteiger partial charge is 0.131 e. The molecule has 0 saturated heterocycles. The molecule has 0 amide bonds. The molecule has 1 atom stereocenters. The lowest BCUT2D eigenvalue weighted by atomic mass is 9.96. The Hall–Kier alpha value is -1.26. The van der Waals surface area contributed by atoms with Crippen LogP contribution in [0.5, 0.6) is 0 Å². The topological polar surface area (TPSA) is 12.0 Å². The zero-order valence-corrected chi connectivity index (χ0v) is 13.8. The fourth-order valence-electron chi connectivity index (χ4n) is 2.29. The van der Waals surface area contributed by atoms with Crippen LogP contribution in [0.4, 0.5) is 8.78 Å². The van der Waals surface area contributed by atoms with Crippen LogP contribution in [-0.2, 0) is 0 Å². The van der Waals surface area contributed by atoms with Crippen LogP contribution in [0.25, 0.3) is 0 Å². The molecular formula is C17H18BrF2N. The Morgan fingerprint density at radius 1 is 1.00 bits per heavy atom. The number of halogens is 3. The van der Waals surface area contributed by atoms with Crippen LogP contribution in [0.1, 0.15) is 36.6 Å². The Morgan fingerprint density at radius 2 is 1.67 bits per heavy atom. The summed E-state index contributed by atoms with van der Waals surface area (Å²) in [6.45, 7) is 5.64. The normalized spacial score (nSPS) is 12.7. The summed E-state index contributed by atoms with van der Waals surface area (Å²) >= 11 is 3.51. The van der Waals surface area contributed by atoms with Gasteiger partial charge in [-0.05, 0) is 44.0 Å². The van der Waals surface area contributed by atoms with Gasteiger partial charge in [0.1, 0.15) is 11.6 Å². The van der Waals surface area contributed by atoms with E-state index in [2.05, 4.69) is 21.2 Å². The van der Waals surface area contributed by atoms with Crippen LogP contribution in [0.3, 0.4) is 0 Å². The molecule has 1 nitrogen and oxygen atoms in total. The predicted octanol–water partition coefficient (Wildman–Crippen LogP) is 5.12. The fraction of sp³-hybridized carbons (Fsp3) is 0.294. The van der Waals surface area contributed by atoms with Gasteiger partial charge in [0, 0.05) is 22.1 Å². The lowest BCUT2D eigenvalue weighted by Crippen LogP contribution is -2.30. The number of hydrogen-bond acceptors (Lipinski definition) is 1. The third-order valence-electron chi connectivity index (χ3n) is 3.31. The molecule has 0 spiro atoms. The van der Waals surface area contributed by atoms with Gasteiger partial charge in [-0.25, -0.2) is 8.78 Å². The van der Waals surface area contributed by atoms with E-state index in [9.17, 15) is 8.78 Å². The van der Waals surface area contributed by atoms with Gasteiger partial charge in [-0.3, -0.25) is 0 Å².